The van der Waals surface area contributed by atoms with E-state index >= 15 is 0 Å². The molecule has 0 aliphatic rings. The summed E-state index contributed by atoms with van der Waals surface area (Å²) in [7, 11) is 0. The normalized spacial score (nSPS) is 14.4. The largest absolute Gasteiger partial charge is 0.481 e. The minimum Gasteiger partial charge on any atom is -0.481 e. The van der Waals surface area contributed by atoms with Gasteiger partial charge < -0.3 is 10.8 Å². The van der Waals surface area contributed by atoms with Crippen LogP contribution in [0, 0.1) is 17.5 Å². The SMILES string of the molecule is CC(N)C(CC(=O)O)c1cc(F)c(F)cc1F. The third-order valence-electron chi connectivity index (χ3n) is 2.47. The van der Waals surface area contributed by atoms with E-state index in [9.17, 15) is 18.0 Å². The number of carbonyl (C=O) groups is 1. The smallest absolute Gasteiger partial charge is 0.304 e. The van der Waals surface area contributed by atoms with Crippen LogP contribution < -0.4 is 5.73 Å². The summed E-state index contributed by atoms with van der Waals surface area (Å²) in [5.41, 5.74) is 5.31. The maximum atomic E-state index is 13.4. The highest BCUT2D eigenvalue weighted by molar-refractivity contribution is 5.68. The van der Waals surface area contributed by atoms with Crippen molar-refractivity contribution in [3.8, 4) is 0 Å². The Kier molecular flexibility index (Phi) is 4.11. The quantitative estimate of drug-likeness (QED) is 0.800. The maximum Gasteiger partial charge on any atom is 0.304 e. The molecule has 6 heteroatoms. The number of nitrogens with two attached hydrogens (primary N) is 1. The van der Waals surface area contributed by atoms with Crippen molar-refractivity contribution >= 4 is 5.97 Å². The van der Waals surface area contributed by atoms with Gasteiger partial charge in [-0.3, -0.25) is 4.79 Å². The van der Waals surface area contributed by atoms with Crippen LogP contribution in [0.15, 0.2) is 12.1 Å². The number of benzene rings is 1. The van der Waals surface area contributed by atoms with Crippen molar-refractivity contribution in [2.45, 2.75) is 25.3 Å². The fraction of sp³-hybridized carbons (Fsp3) is 0.364. The molecule has 0 fully saturated rings. The fourth-order valence-electron chi connectivity index (χ4n) is 1.59. The van der Waals surface area contributed by atoms with Gasteiger partial charge in [-0.2, -0.15) is 0 Å². The van der Waals surface area contributed by atoms with Crippen LogP contribution >= 0.6 is 0 Å². The third kappa shape index (κ3) is 3.20. The zero-order chi connectivity index (χ0) is 13.2. The molecule has 0 saturated carbocycles. The van der Waals surface area contributed by atoms with Gasteiger partial charge in [0.25, 0.3) is 0 Å². The molecule has 0 spiro atoms. The number of carboxylic acids is 1. The molecule has 94 valence electrons. The van der Waals surface area contributed by atoms with Gasteiger partial charge in [0.2, 0.25) is 0 Å². The lowest BCUT2D eigenvalue weighted by Crippen LogP contribution is -2.27. The Hall–Kier alpha value is -1.56. The monoisotopic (exact) mass is 247 g/mol. The molecule has 3 N–H and O–H groups in total. The maximum absolute atomic E-state index is 13.4. The summed E-state index contributed by atoms with van der Waals surface area (Å²) in [4.78, 5) is 10.6. The minimum atomic E-state index is -1.31. The summed E-state index contributed by atoms with van der Waals surface area (Å²) in [5, 5.41) is 8.66. The molecule has 1 aromatic carbocycles. The molecule has 0 saturated heterocycles. The topological polar surface area (TPSA) is 63.3 Å². The van der Waals surface area contributed by atoms with Crippen molar-refractivity contribution < 1.29 is 23.1 Å². The van der Waals surface area contributed by atoms with Crippen molar-refractivity contribution in [2.24, 2.45) is 5.73 Å². The van der Waals surface area contributed by atoms with Gasteiger partial charge in [-0.15, -0.1) is 0 Å². The lowest BCUT2D eigenvalue weighted by atomic mass is 9.89. The van der Waals surface area contributed by atoms with E-state index in [-0.39, 0.29) is 5.56 Å². The van der Waals surface area contributed by atoms with E-state index in [0.717, 1.165) is 0 Å². The minimum absolute atomic E-state index is 0.221. The first-order chi connectivity index (χ1) is 7.82. The van der Waals surface area contributed by atoms with Crippen LogP contribution in [0.3, 0.4) is 0 Å². The van der Waals surface area contributed by atoms with Gasteiger partial charge in [-0.05, 0) is 18.6 Å². The Balaban J connectivity index is 3.18. The molecular weight excluding hydrogens is 235 g/mol. The third-order valence-corrected chi connectivity index (χ3v) is 2.47. The predicted molar refractivity (Wildman–Crippen MR) is 55.0 cm³/mol. The second-order valence-electron chi connectivity index (χ2n) is 3.85. The van der Waals surface area contributed by atoms with Crippen LogP contribution in [0.5, 0.6) is 0 Å². The lowest BCUT2D eigenvalue weighted by Gasteiger charge is -2.20. The fourth-order valence-corrected chi connectivity index (χ4v) is 1.59. The Morgan fingerprint density at radius 1 is 1.29 bits per heavy atom. The summed E-state index contributed by atoms with van der Waals surface area (Å²) in [6, 6.07) is 0.356. The second kappa shape index (κ2) is 5.18. The van der Waals surface area contributed by atoms with Gasteiger partial charge in [0.15, 0.2) is 11.6 Å². The van der Waals surface area contributed by atoms with E-state index in [1.54, 1.807) is 0 Å². The van der Waals surface area contributed by atoms with Gasteiger partial charge in [0, 0.05) is 18.0 Å². The number of carboxylic acid groups (broad SMARTS) is 1. The zero-order valence-electron chi connectivity index (χ0n) is 9.08. The molecule has 2 atom stereocenters. The van der Waals surface area contributed by atoms with Crippen LogP contribution in [0.4, 0.5) is 13.2 Å². The van der Waals surface area contributed by atoms with Crippen molar-refractivity contribution in [2.75, 3.05) is 0 Å². The molecule has 1 rings (SSSR count). The Labute approximate surface area is 96.0 Å². The standard InChI is InChI=1S/C11H12F3NO2/c1-5(15)6(3-11(16)17)7-2-9(13)10(14)4-8(7)12/h2,4-6H,3,15H2,1H3,(H,16,17). The molecule has 17 heavy (non-hydrogen) atoms. The molecule has 2 unspecified atom stereocenters. The van der Waals surface area contributed by atoms with E-state index < -0.39 is 41.8 Å². The average molecular weight is 247 g/mol. The number of aliphatic carboxylic acids is 1. The van der Waals surface area contributed by atoms with Crippen molar-refractivity contribution in [1.82, 2.24) is 0 Å². The first-order valence-corrected chi connectivity index (χ1v) is 4.94. The number of halogens is 3. The summed E-state index contributed by atoms with van der Waals surface area (Å²) in [6.45, 7) is 1.48. The summed E-state index contributed by atoms with van der Waals surface area (Å²) < 4.78 is 39.2. The summed E-state index contributed by atoms with van der Waals surface area (Å²) in [5.74, 6) is -5.62. The second-order valence-corrected chi connectivity index (χ2v) is 3.85. The highest BCUT2D eigenvalue weighted by Crippen LogP contribution is 2.27. The molecule has 0 aromatic heterocycles. The van der Waals surface area contributed by atoms with E-state index in [1.807, 2.05) is 0 Å². The summed E-state index contributed by atoms with van der Waals surface area (Å²) >= 11 is 0. The van der Waals surface area contributed by atoms with Crippen LogP contribution in [-0.4, -0.2) is 17.1 Å². The van der Waals surface area contributed by atoms with Gasteiger partial charge in [0.05, 0.1) is 6.42 Å². The Bertz CT molecular complexity index is 435. The van der Waals surface area contributed by atoms with E-state index in [2.05, 4.69) is 0 Å². The van der Waals surface area contributed by atoms with Gasteiger partial charge >= 0.3 is 5.97 Å². The van der Waals surface area contributed by atoms with E-state index in [4.69, 9.17) is 10.8 Å². The van der Waals surface area contributed by atoms with Gasteiger partial charge in [0.1, 0.15) is 5.82 Å². The molecule has 0 radical (unpaired) electrons. The first-order valence-electron chi connectivity index (χ1n) is 4.94. The molecule has 0 aliphatic heterocycles. The lowest BCUT2D eigenvalue weighted by molar-refractivity contribution is -0.137. The molecule has 0 heterocycles. The zero-order valence-corrected chi connectivity index (χ0v) is 9.08. The molecule has 3 nitrogen and oxygen atoms in total. The first kappa shape index (κ1) is 13.5. The Morgan fingerprint density at radius 3 is 2.29 bits per heavy atom. The van der Waals surface area contributed by atoms with Crippen LogP contribution in [0.25, 0.3) is 0 Å². The number of hydrogen-bond acceptors (Lipinski definition) is 2. The van der Waals surface area contributed by atoms with Crippen molar-refractivity contribution in [3.05, 3.63) is 35.1 Å². The summed E-state index contributed by atoms with van der Waals surface area (Å²) in [6.07, 6.45) is -0.445. The van der Waals surface area contributed by atoms with Crippen LogP contribution in [0.2, 0.25) is 0 Å². The molecule has 0 amide bonds. The van der Waals surface area contributed by atoms with Crippen LogP contribution in [-0.2, 0) is 4.79 Å². The average Bonchev–Trinajstić information content (AvgIpc) is 2.20. The number of hydrogen-bond donors (Lipinski definition) is 2. The van der Waals surface area contributed by atoms with Crippen LogP contribution in [0.1, 0.15) is 24.8 Å². The number of rotatable bonds is 4. The highest BCUT2D eigenvalue weighted by atomic mass is 19.2. The molecule has 0 aliphatic carbocycles. The van der Waals surface area contributed by atoms with Crippen molar-refractivity contribution in [3.63, 3.8) is 0 Å². The molecule has 1 aromatic rings. The van der Waals surface area contributed by atoms with Crippen molar-refractivity contribution in [1.29, 1.82) is 0 Å². The van der Waals surface area contributed by atoms with E-state index in [1.165, 1.54) is 6.92 Å². The molecular formula is C11H12F3NO2. The molecule has 0 bridgehead atoms. The van der Waals surface area contributed by atoms with Gasteiger partial charge in [-0.25, -0.2) is 13.2 Å². The van der Waals surface area contributed by atoms with Gasteiger partial charge in [-0.1, -0.05) is 0 Å². The highest BCUT2D eigenvalue weighted by Gasteiger charge is 2.24. The Morgan fingerprint density at radius 2 is 1.82 bits per heavy atom. The van der Waals surface area contributed by atoms with E-state index in [0.29, 0.717) is 12.1 Å². The predicted octanol–water partition coefficient (Wildman–Crippen LogP) is 2.01.